The third-order valence-corrected chi connectivity index (χ3v) is 13.3. The monoisotopic (exact) mass is 472 g/mol. The summed E-state index contributed by atoms with van der Waals surface area (Å²) in [7, 11) is 0. The van der Waals surface area contributed by atoms with Crippen LogP contribution >= 0.6 is 0 Å². The lowest BCUT2D eigenvalue weighted by Crippen LogP contribution is -2.65. The highest BCUT2D eigenvalue weighted by Crippen LogP contribution is 2.75. The summed E-state index contributed by atoms with van der Waals surface area (Å²) < 4.78 is 0. The maximum absolute atomic E-state index is 12.8. The van der Waals surface area contributed by atoms with Gasteiger partial charge in [0.1, 0.15) is 0 Å². The largest absolute Gasteiger partial charge is 0.481 e. The number of fused-ring (bicyclic) bond motifs is 7. The molecular weight excluding hydrogens is 424 g/mol. The van der Waals surface area contributed by atoms with Crippen LogP contribution in [0.2, 0.25) is 0 Å². The summed E-state index contributed by atoms with van der Waals surface area (Å²) in [6.45, 7) is 14.4. The number of carboxylic acid groups (broad SMARTS) is 1. The van der Waals surface area contributed by atoms with Gasteiger partial charge in [-0.05, 0) is 109 Å². The first-order valence-corrected chi connectivity index (χ1v) is 13.9. The highest BCUT2D eigenvalue weighted by atomic mass is 16.4. The smallest absolute Gasteiger partial charge is 0.310 e. The second-order valence-corrected chi connectivity index (χ2v) is 14.9. The molecule has 4 saturated carbocycles. The second kappa shape index (κ2) is 7.34. The number of hydrogen-bond donors (Lipinski definition) is 3. The molecule has 3 N–H and O–H groups in total. The van der Waals surface area contributed by atoms with E-state index in [1.54, 1.807) is 0 Å². The fraction of sp³-hybridized carbons (Fsp3) is 0.900. The Hall–Kier alpha value is -0.870. The van der Waals surface area contributed by atoms with Crippen LogP contribution < -0.4 is 0 Å². The van der Waals surface area contributed by atoms with Crippen LogP contribution in [0.1, 0.15) is 106 Å². The average Bonchev–Trinajstić information content (AvgIpc) is 2.77. The van der Waals surface area contributed by atoms with Crippen molar-refractivity contribution in [2.45, 2.75) is 112 Å². The topological polar surface area (TPSA) is 77.8 Å². The molecule has 34 heavy (non-hydrogen) atoms. The minimum Gasteiger partial charge on any atom is -0.481 e. The minimum atomic E-state index is -0.665. The molecule has 192 valence electrons. The van der Waals surface area contributed by atoms with E-state index in [0.717, 1.165) is 57.8 Å². The normalized spacial score (nSPS) is 54.1. The quantitative estimate of drug-likeness (QED) is 0.418. The molecule has 4 heteroatoms. The van der Waals surface area contributed by atoms with E-state index < -0.39 is 11.4 Å². The Morgan fingerprint density at radius 1 is 0.941 bits per heavy atom. The van der Waals surface area contributed by atoms with Gasteiger partial charge >= 0.3 is 5.97 Å². The van der Waals surface area contributed by atoms with Crippen LogP contribution in [0.15, 0.2) is 11.6 Å². The van der Waals surface area contributed by atoms with Crippen LogP contribution in [-0.2, 0) is 4.79 Å². The van der Waals surface area contributed by atoms with Gasteiger partial charge in [-0.15, -0.1) is 0 Å². The Bertz CT molecular complexity index is 907. The van der Waals surface area contributed by atoms with Gasteiger partial charge in [-0.3, -0.25) is 4.79 Å². The summed E-state index contributed by atoms with van der Waals surface area (Å²) in [6, 6.07) is 0. The van der Waals surface area contributed by atoms with E-state index in [9.17, 15) is 20.1 Å². The Kier molecular flexibility index (Phi) is 5.36. The third-order valence-electron chi connectivity index (χ3n) is 13.3. The van der Waals surface area contributed by atoms with Crippen molar-refractivity contribution < 1.29 is 20.1 Å². The van der Waals surface area contributed by atoms with E-state index in [-0.39, 0.29) is 45.7 Å². The van der Waals surface area contributed by atoms with Gasteiger partial charge in [0, 0.05) is 6.61 Å². The van der Waals surface area contributed by atoms with Gasteiger partial charge in [0.15, 0.2) is 0 Å². The Morgan fingerprint density at radius 2 is 1.62 bits per heavy atom. The molecule has 5 rings (SSSR count). The number of aliphatic hydroxyl groups excluding tert-OH is 2. The van der Waals surface area contributed by atoms with E-state index in [2.05, 4.69) is 47.6 Å². The predicted molar refractivity (Wildman–Crippen MR) is 134 cm³/mol. The number of rotatable bonds is 2. The standard InChI is InChI=1S/C30H48O4/c1-25(2)21-9-12-29(6)22(27(21,4)11-10-23(25)32)8-7-19-20-17-26(3,18-31)13-15-30(20,24(33)34)16-14-28(19,29)5/h7,20-23,31-32H,8-18H2,1-6H3,(H,33,34)/t20-,21?,22-,23+,26?,27+,28-,29-,30+/m1/s1. The zero-order chi connectivity index (χ0) is 24.9. The number of aliphatic carboxylic acids is 1. The highest BCUT2D eigenvalue weighted by molar-refractivity contribution is 5.76. The molecule has 4 fully saturated rings. The van der Waals surface area contributed by atoms with Gasteiger partial charge < -0.3 is 15.3 Å². The fourth-order valence-corrected chi connectivity index (χ4v) is 10.7. The van der Waals surface area contributed by atoms with Gasteiger partial charge in [0.05, 0.1) is 11.5 Å². The van der Waals surface area contributed by atoms with Crippen molar-refractivity contribution in [2.24, 2.45) is 50.2 Å². The maximum atomic E-state index is 12.8. The van der Waals surface area contributed by atoms with Crippen LogP contribution in [0.25, 0.3) is 0 Å². The van der Waals surface area contributed by atoms with Crippen LogP contribution in [0, 0.1) is 50.2 Å². The number of allylic oxidation sites excluding steroid dienone is 2. The first kappa shape index (κ1) is 24.8. The number of hydrogen-bond acceptors (Lipinski definition) is 3. The van der Waals surface area contributed by atoms with Crippen molar-refractivity contribution in [1.29, 1.82) is 0 Å². The summed E-state index contributed by atoms with van der Waals surface area (Å²) in [5.74, 6) is 0.493. The summed E-state index contributed by atoms with van der Waals surface area (Å²) >= 11 is 0. The molecule has 4 nitrogen and oxygen atoms in total. The van der Waals surface area contributed by atoms with Gasteiger partial charge in [0.2, 0.25) is 0 Å². The molecule has 0 spiro atoms. The lowest BCUT2D eigenvalue weighted by atomic mass is 9.33. The lowest BCUT2D eigenvalue weighted by molar-refractivity contribution is -0.206. The third kappa shape index (κ3) is 2.88. The summed E-state index contributed by atoms with van der Waals surface area (Å²) in [4.78, 5) is 12.8. The van der Waals surface area contributed by atoms with E-state index in [1.807, 2.05) is 0 Å². The van der Waals surface area contributed by atoms with Crippen LogP contribution in [0.3, 0.4) is 0 Å². The van der Waals surface area contributed by atoms with Crippen molar-refractivity contribution in [3.8, 4) is 0 Å². The highest BCUT2D eigenvalue weighted by Gasteiger charge is 2.69. The molecule has 0 amide bonds. The molecular formula is C30H48O4. The molecule has 0 bridgehead atoms. The molecule has 0 radical (unpaired) electrons. The minimum absolute atomic E-state index is 0.00141. The van der Waals surface area contributed by atoms with Crippen LogP contribution in [-0.4, -0.2) is 34.0 Å². The summed E-state index contributed by atoms with van der Waals surface area (Å²) in [5, 5.41) is 31.6. The Labute approximate surface area is 206 Å². The van der Waals surface area contributed by atoms with Gasteiger partial charge in [-0.1, -0.05) is 53.2 Å². The van der Waals surface area contributed by atoms with Crippen molar-refractivity contribution in [3.05, 3.63) is 11.6 Å². The first-order valence-electron chi connectivity index (χ1n) is 13.9. The number of carbonyl (C=O) groups is 1. The number of carboxylic acids is 1. The molecule has 0 heterocycles. The predicted octanol–water partition coefficient (Wildman–Crippen LogP) is 6.21. The second-order valence-electron chi connectivity index (χ2n) is 14.9. The zero-order valence-electron chi connectivity index (χ0n) is 22.4. The van der Waals surface area contributed by atoms with E-state index >= 15 is 0 Å². The average molecular weight is 473 g/mol. The van der Waals surface area contributed by atoms with Crippen LogP contribution in [0.4, 0.5) is 0 Å². The molecule has 0 aliphatic heterocycles. The van der Waals surface area contributed by atoms with Gasteiger partial charge in [-0.25, -0.2) is 0 Å². The summed E-state index contributed by atoms with van der Waals surface area (Å²) in [6.07, 6.45) is 11.6. The molecule has 0 saturated heterocycles. The van der Waals surface area contributed by atoms with Crippen molar-refractivity contribution >= 4 is 5.97 Å². The fourth-order valence-electron chi connectivity index (χ4n) is 10.7. The molecule has 0 aromatic heterocycles. The van der Waals surface area contributed by atoms with Crippen molar-refractivity contribution in [3.63, 3.8) is 0 Å². The molecule has 5 aliphatic carbocycles. The van der Waals surface area contributed by atoms with E-state index in [0.29, 0.717) is 18.3 Å². The molecule has 0 aromatic rings. The maximum Gasteiger partial charge on any atom is 0.310 e. The summed E-state index contributed by atoms with van der Waals surface area (Å²) in [5.41, 5.74) is 0.844. The van der Waals surface area contributed by atoms with E-state index in [1.165, 1.54) is 5.57 Å². The molecule has 0 aromatic carbocycles. The first-order chi connectivity index (χ1) is 15.7. The van der Waals surface area contributed by atoms with Crippen molar-refractivity contribution in [2.75, 3.05) is 6.61 Å². The van der Waals surface area contributed by atoms with Gasteiger partial charge in [0.25, 0.3) is 0 Å². The SMILES string of the molecule is CC1(CO)CC[C@]2(C(=O)O)CC[C@]3(C)C(=CC[C@@H]4[C@@]5(C)CC[C@H](O)C(C)(C)C5CC[C@]43C)[C@H]2C1. The Balaban J connectivity index is 1.60. The Morgan fingerprint density at radius 3 is 2.26 bits per heavy atom. The molecule has 9 atom stereocenters. The molecule has 5 aliphatic rings. The van der Waals surface area contributed by atoms with E-state index in [4.69, 9.17) is 0 Å². The molecule has 2 unspecified atom stereocenters. The van der Waals surface area contributed by atoms with Gasteiger partial charge in [-0.2, -0.15) is 0 Å². The number of aliphatic hydroxyl groups is 2. The zero-order valence-corrected chi connectivity index (χ0v) is 22.4. The lowest BCUT2D eigenvalue weighted by Gasteiger charge is -2.71. The van der Waals surface area contributed by atoms with Crippen LogP contribution in [0.5, 0.6) is 0 Å². The van der Waals surface area contributed by atoms with Crippen molar-refractivity contribution in [1.82, 2.24) is 0 Å².